The number of hydrogen-bond donors (Lipinski definition) is 1. The van der Waals surface area contributed by atoms with Crippen LogP contribution in [0.25, 0.3) is 11.4 Å². The van der Waals surface area contributed by atoms with Crippen LogP contribution in [0.1, 0.15) is 32.0 Å². The van der Waals surface area contributed by atoms with Crippen LogP contribution >= 0.6 is 15.9 Å². The molecule has 4 heteroatoms. The van der Waals surface area contributed by atoms with Crippen molar-refractivity contribution in [3.63, 3.8) is 0 Å². The van der Waals surface area contributed by atoms with E-state index in [4.69, 9.17) is 0 Å². The summed E-state index contributed by atoms with van der Waals surface area (Å²) in [6.45, 7) is 7.48. The number of nitrogens with one attached hydrogen (secondary N) is 1. The summed E-state index contributed by atoms with van der Waals surface area (Å²) in [6, 6.07) is 8.68. The van der Waals surface area contributed by atoms with Gasteiger partial charge in [0.25, 0.3) is 0 Å². The molecule has 0 aliphatic carbocycles. The van der Waals surface area contributed by atoms with E-state index in [9.17, 15) is 0 Å². The molecule has 0 amide bonds. The van der Waals surface area contributed by atoms with E-state index < -0.39 is 0 Å². The number of benzene rings is 1. The first kappa shape index (κ1) is 15.3. The molecule has 0 aliphatic rings. The van der Waals surface area contributed by atoms with E-state index in [1.165, 1.54) is 5.56 Å². The maximum Gasteiger partial charge on any atom is 0.141 e. The van der Waals surface area contributed by atoms with Gasteiger partial charge in [0, 0.05) is 19.2 Å². The fourth-order valence-electron chi connectivity index (χ4n) is 2.24. The normalized spacial score (nSPS) is 11.9. The molecule has 2 rings (SSSR count). The third kappa shape index (κ3) is 2.96. The van der Waals surface area contributed by atoms with Crippen molar-refractivity contribution in [2.24, 2.45) is 7.05 Å². The molecule has 1 heterocycles. The second-order valence-electron chi connectivity index (χ2n) is 6.09. The minimum atomic E-state index is 0.179. The molecular weight excluding hydrogens is 314 g/mol. The topological polar surface area (TPSA) is 29.9 Å². The first-order valence-corrected chi connectivity index (χ1v) is 7.60. The minimum absolute atomic E-state index is 0.179. The molecule has 0 aliphatic heterocycles. The van der Waals surface area contributed by atoms with Crippen molar-refractivity contribution in [2.45, 2.75) is 32.7 Å². The molecule has 0 bridgehead atoms. The molecule has 0 unspecified atom stereocenters. The molecule has 0 fully saturated rings. The van der Waals surface area contributed by atoms with Gasteiger partial charge in [-0.1, -0.05) is 45.0 Å². The van der Waals surface area contributed by atoms with Crippen molar-refractivity contribution in [3.05, 3.63) is 40.1 Å². The quantitative estimate of drug-likeness (QED) is 0.922. The molecular formula is C16H22BrN3. The second kappa shape index (κ2) is 5.70. The molecule has 20 heavy (non-hydrogen) atoms. The van der Waals surface area contributed by atoms with Gasteiger partial charge in [-0.05, 0) is 34.0 Å². The molecule has 0 radical (unpaired) electrons. The highest BCUT2D eigenvalue weighted by molar-refractivity contribution is 9.10. The largest absolute Gasteiger partial charge is 0.329 e. The summed E-state index contributed by atoms with van der Waals surface area (Å²) in [5.74, 6) is 0.989. The summed E-state index contributed by atoms with van der Waals surface area (Å²) in [6.07, 6.45) is 0. The Bertz CT molecular complexity index is 591. The maximum atomic E-state index is 4.63. The molecule has 1 aromatic carbocycles. The van der Waals surface area contributed by atoms with Gasteiger partial charge in [-0.15, -0.1) is 0 Å². The lowest BCUT2D eigenvalue weighted by molar-refractivity contribution is 0.590. The lowest BCUT2D eigenvalue weighted by Crippen LogP contribution is -2.11. The van der Waals surface area contributed by atoms with Gasteiger partial charge in [0.05, 0.1) is 5.69 Å². The van der Waals surface area contributed by atoms with E-state index in [-0.39, 0.29) is 5.41 Å². The third-order valence-corrected chi connectivity index (χ3v) is 4.15. The average molecular weight is 336 g/mol. The van der Waals surface area contributed by atoms with Gasteiger partial charge in [-0.3, -0.25) is 0 Å². The highest BCUT2D eigenvalue weighted by Gasteiger charge is 2.16. The van der Waals surface area contributed by atoms with Gasteiger partial charge < -0.3 is 9.88 Å². The predicted octanol–water partition coefficient (Wildman–Crippen LogP) is 3.87. The van der Waals surface area contributed by atoms with Crippen LogP contribution in [0.15, 0.2) is 28.9 Å². The first-order chi connectivity index (χ1) is 9.34. The van der Waals surface area contributed by atoms with Gasteiger partial charge in [0.15, 0.2) is 0 Å². The lowest BCUT2D eigenvalue weighted by atomic mass is 9.87. The Morgan fingerprint density at radius 3 is 2.30 bits per heavy atom. The monoisotopic (exact) mass is 335 g/mol. The van der Waals surface area contributed by atoms with Gasteiger partial charge >= 0.3 is 0 Å². The van der Waals surface area contributed by atoms with Crippen molar-refractivity contribution < 1.29 is 0 Å². The van der Waals surface area contributed by atoms with Crippen molar-refractivity contribution in [3.8, 4) is 11.4 Å². The van der Waals surface area contributed by atoms with Gasteiger partial charge in [0.1, 0.15) is 10.4 Å². The Balaban J connectivity index is 2.40. The number of nitrogens with zero attached hydrogens (tertiary/aromatic N) is 2. The fraction of sp³-hybridized carbons (Fsp3) is 0.438. The molecule has 0 saturated carbocycles. The van der Waals surface area contributed by atoms with Crippen LogP contribution in [0, 0.1) is 0 Å². The summed E-state index contributed by atoms with van der Waals surface area (Å²) < 4.78 is 3.04. The summed E-state index contributed by atoms with van der Waals surface area (Å²) in [5.41, 5.74) is 3.81. The minimum Gasteiger partial charge on any atom is -0.329 e. The molecule has 0 spiro atoms. The van der Waals surface area contributed by atoms with E-state index in [0.29, 0.717) is 0 Å². The van der Waals surface area contributed by atoms with E-state index in [0.717, 1.165) is 28.2 Å². The van der Waals surface area contributed by atoms with Crippen LogP contribution in [-0.2, 0) is 19.0 Å². The Hall–Kier alpha value is -1.13. The summed E-state index contributed by atoms with van der Waals surface area (Å²) in [5, 5.41) is 3.17. The molecule has 2 aromatic rings. The number of rotatable bonds is 3. The summed E-state index contributed by atoms with van der Waals surface area (Å²) >= 11 is 3.54. The van der Waals surface area contributed by atoms with Crippen LogP contribution in [0.4, 0.5) is 0 Å². The van der Waals surface area contributed by atoms with Crippen LogP contribution in [0.2, 0.25) is 0 Å². The second-order valence-corrected chi connectivity index (χ2v) is 6.84. The van der Waals surface area contributed by atoms with Gasteiger partial charge in [-0.25, -0.2) is 4.98 Å². The van der Waals surface area contributed by atoms with Crippen LogP contribution < -0.4 is 5.32 Å². The predicted molar refractivity (Wildman–Crippen MR) is 87.8 cm³/mol. The smallest absolute Gasteiger partial charge is 0.141 e. The van der Waals surface area contributed by atoms with E-state index in [1.54, 1.807) is 0 Å². The van der Waals surface area contributed by atoms with Crippen LogP contribution in [0.3, 0.4) is 0 Å². The van der Waals surface area contributed by atoms with Gasteiger partial charge in [0.2, 0.25) is 0 Å². The lowest BCUT2D eigenvalue weighted by Gasteiger charge is -2.19. The number of aromatic nitrogens is 2. The number of imidazole rings is 1. The highest BCUT2D eigenvalue weighted by atomic mass is 79.9. The summed E-state index contributed by atoms with van der Waals surface area (Å²) in [4.78, 5) is 4.63. The molecule has 0 saturated heterocycles. The number of hydrogen-bond acceptors (Lipinski definition) is 2. The van der Waals surface area contributed by atoms with Crippen molar-refractivity contribution in [1.29, 1.82) is 0 Å². The maximum absolute atomic E-state index is 4.63. The zero-order valence-electron chi connectivity index (χ0n) is 12.8. The molecule has 1 N–H and O–H groups in total. The Labute approximate surface area is 129 Å². The van der Waals surface area contributed by atoms with Crippen LogP contribution in [0.5, 0.6) is 0 Å². The van der Waals surface area contributed by atoms with Crippen LogP contribution in [-0.4, -0.2) is 16.6 Å². The SMILES string of the molecule is CNCc1c(Br)nc(-c2ccc(C(C)(C)C)cc2)n1C. The Morgan fingerprint density at radius 2 is 1.80 bits per heavy atom. The van der Waals surface area contributed by atoms with E-state index in [1.807, 2.05) is 7.05 Å². The Kier molecular flexibility index (Phi) is 4.35. The van der Waals surface area contributed by atoms with Crippen molar-refractivity contribution >= 4 is 15.9 Å². The molecule has 0 atom stereocenters. The van der Waals surface area contributed by atoms with Gasteiger partial charge in [-0.2, -0.15) is 0 Å². The van der Waals surface area contributed by atoms with Crippen molar-refractivity contribution in [2.75, 3.05) is 7.05 Å². The van der Waals surface area contributed by atoms with E-state index >= 15 is 0 Å². The standard InChI is InChI=1S/C16H22BrN3/c1-16(2,3)12-8-6-11(7-9-12)15-19-14(17)13(10-18-4)20(15)5/h6-9,18H,10H2,1-5H3. The molecule has 3 nitrogen and oxygen atoms in total. The Morgan fingerprint density at radius 1 is 1.20 bits per heavy atom. The zero-order chi connectivity index (χ0) is 14.9. The van der Waals surface area contributed by atoms with Crippen molar-refractivity contribution in [1.82, 2.24) is 14.9 Å². The van der Waals surface area contributed by atoms with E-state index in [2.05, 4.69) is 82.9 Å². The molecule has 108 valence electrons. The zero-order valence-corrected chi connectivity index (χ0v) is 14.4. The fourth-order valence-corrected chi connectivity index (χ4v) is 2.81. The average Bonchev–Trinajstić information content (AvgIpc) is 2.66. The highest BCUT2D eigenvalue weighted by Crippen LogP contribution is 2.28. The molecule has 1 aromatic heterocycles. The number of halogens is 1. The summed E-state index contributed by atoms with van der Waals surface area (Å²) in [7, 11) is 3.99. The third-order valence-electron chi connectivity index (χ3n) is 3.52. The first-order valence-electron chi connectivity index (χ1n) is 6.81.